The fraction of sp³-hybridized carbons (Fsp3) is 0.273. The summed E-state index contributed by atoms with van der Waals surface area (Å²) in [4.78, 5) is 16.4. The second-order valence-electron chi connectivity index (χ2n) is 7.44. The molecule has 8 heteroatoms. The summed E-state index contributed by atoms with van der Waals surface area (Å²) in [6, 6.07) is 13.0. The van der Waals surface area contributed by atoms with E-state index in [9.17, 15) is 4.79 Å². The Morgan fingerprint density at radius 1 is 1.13 bits per heavy atom. The van der Waals surface area contributed by atoms with E-state index in [2.05, 4.69) is 20.5 Å². The molecule has 0 unspecified atom stereocenters. The molecule has 1 amide bonds. The summed E-state index contributed by atoms with van der Waals surface area (Å²) in [6.07, 6.45) is 2.73. The summed E-state index contributed by atoms with van der Waals surface area (Å²) >= 11 is 1.28. The molecule has 30 heavy (non-hydrogen) atoms. The molecule has 1 N–H and O–H groups in total. The molecule has 5 rings (SSSR count). The number of hydrogen-bond acceptors (Lipinski definition) is 6. The average Bonchev–Trinajstić information content (AvgIpc) is 3.34. The zero-order valence-electron chi connectivity index (χ0n) is 16.1. The number of hydrogen-bond donors (Lipinski definition) is 1. The Hall–Kier alpha value is -3.13. The third kappa shape index (κ3) is 4.09. The van der Waals surface area contributed by atoms with Gasteiger partial charge in [-0.1, -0.05) is 30.3 Å². The summed E-state index contributed by atoms with van der Waals surface area (Å²) in [5.74, 6) is 0.863. The van der Waals surface area contributed by atoms with Crippen LogP contribution in [0, 0.1) is 11.7 Å². The minimum atomic E-state index is -0.277. The quantitative estimate of drug-likeness (QED) is 0.484. The van der Waals surface area contributed by atoms with E-state index >= 15 is 4.39 Å². The Morgan fingerprint density at radius 3 is 2.73 bits per heavy atom. The SMILES string of the molecule is O=C(Cc1nnc(Cc2nc3ccc(-c4ccccc4)c(F)c3s2)o1)NCC1CC1. The zero-order valence-corrected chi connectivity index (χ0v) is 16.9. The van der Waals surface area contributed by atoms with Crippen LogP contribution in [0.4, 0.5) is 4.39 Å². The molecule has 0 saturated heterocycles. The predicted molar refractivity (Wildman–Crippen MR) is 112 cm³/mol. The van der Waals surface area contributed by atoms with Crippen LogP contribution >= 0.6 is 11.3 Å². The second-order valence-corrected chi connectivity index (χ2v) is 8.52. The fourth-order valence-electron chi connectivity index (χ4n) is 3.26. The summed E-state index contributed by atoms with van der Waals surface area (Å²) in [5, 5.41) is 11.5. The Balaban J connectivity index is 1.30. The first-order chi connectivity index (χ1) is 14.7. The number of amides is 1. The number of fused-ring (bicyclic) bond motifs is 1. The predicted octanol–water partition coefficient (Wildman–Crippen LogP) is 4.14. The summed E-state index contributed by atoms with van der Waals surface area (Å²) in [7, 11) is 0. The molecular formula is C22H19FN4O2S. The van der Waals surface area contributed by atoms with Gasteiger partial charge in [0.1, 0.15) is 17.2 Å². The summed E-state index contributed by atoms with van der Waals surface area (Å²) < 4.78 is 21.2. The van der Waals surface area contributed by atoms with E-state index in [1.807, 2.05) is 36.4 Å². The van der Waals surface area contributed by atoms with Crippen LogP contribution in [0.1, 0.15) is 29.6 Å². The molecule has 0 spiro atoms. The molecule has 0 aliphatic heterocycles. The second kappa shape index (κ2) is 7.95. The van der Waals surface area contributed by atoms with E-state index in [4.69, 9.17) is 4.42 Å². The lowest BCUT2D eigenvalue weighted by Crippen LogP contribution is -2.27. The first-order valence-electron chi connectivity index (χ1n) is 9.87. The monoisotopic (exact) mass is 422 g/mol. The molecule has 152 valence electrons. The van der Waals surface area contributed by atoms with Crippen LogP contribution in [0.5, 0.6) is 0 Å². The number of nitrogens with zero attached hydrogens (tertiary/aromatic N) is 3. The van der Waals surface area contributed by atoms with E-state index in [0.29, 0.717) is 45.6 Å². The van der Waals surface area contributed by atoms with Gasteiger partial charge in [-0.3, -0.25) is 4.79 Å². The minimum Gasteiger partial charge on any atom is -0.424 e. The van der Waals surface area contributed by atoms with Gasteiger partial charge in [0.05, 0.1) is 16.6 Å². The molecule has 0 radical (unpaired) electrons. The van der Waals surface area contributed by atoms with Gasteiger partial charge in [-0.15, -0.1) is 21.5 Å². The van der Waals surface area contributed by atoms with Crippen LogP contribution in [0.2, 0.25) is 0 Å². The third-order valence-electron chi connectivity index (χ3n) is 5.03. The fourth-order valence-corrected chi connectivity index (χ4v) is 4.26. The average molecular weight is 422 g/mol. The van der Waals surface area contributed by atoms with Crippen molar-refractivity contribution in [2.45, 2.75) is 25.7 Å². The van der Waals surface area contributed by atoms with Crippen molar-refractivity contribution in [3.63, 3.8) is 0 Å². The number of benzene rings is 2. The van der Waals surface area contributed by atoms with Crippen LogP contribution in [0.3, 0.4) is 0 Å². The van der Waals surface area contributed by atoms with E-state index in [-0.39, 0.29) is 24.0 Å². The number of thiazole rings is 1. The Morgan fingerprint density at radius 2 is 1.93 bits per heavy atom. The van der Waals surface area contributed by atoms with Crippen LogP contribution in [0.15, 0.2) is 46.9 Å². The Bertz CT molecular complexity index is 1200. The molecule has 4 aromatic rings. The van der Waals surface area contributed by atoms with Gasteiger partial charge in [0.15, 0.2) is 0 Å². The van der Waals surface area contributed by atoms with Gasteiger partial charge in [-0.25, -0.2) is 9.37 Å². The zero-order chi connectivity index (χ0) is 20.5. The van der Waals surface area contributed by atoms with Crippen molar-refractivity contribution in [3.8, 4) is 11.1 Å². The maximum atomic E-state index is 15.1. The highest BCUT2D eigenvalue weighted by molar-refractivity contribution is 7.18. The van der Waals surface area contributed by atoms with E-state index in [1.165, 1.54) is 24.2 Å². The van der Waals surface area contributed by atoms with Gasteiger partial charge in [0.2, 0.25) is 17.7 Å². The first kappa shape index (κ1) is 18.9. The molecule has 1 aliphatic rings. The highest BCUT2D eigenvalue weighted by Crippen LogP contribution is 2.33. The Kier molecular flexibility index (Phi) is 5.00. The number of aromatic nitrogens is 3. The molecule has 2 aromatic carbocycles. The molecule has 0 atom stereocenters. The van der Waals surface area contributed by atoms with Crippen LogP contribution in [-0.4, -0.2) is 27.6 Å². The molecule has 1 aliphatic carbocycles. The molecule has 1 fully saturated rings. The van der Waals surface area contributed by atoms with Crippen molar-refractivity contribution in [1.29, 1.82) is 0 Å². The maximum absolute atomic E-state index is 15.1. The van der Waals surface area contributed by atoms with Gasteiger partial charge in [-0.05, 0) is 36.5 Å². The Labute approximate surface area is 176 Å². The van der Waals surface area contributed by atoms with E-state index in [0.717, 1.165) is 5.56 Å². The first-order valence-corrected chi connectivity index (χ1v) is 10.7. The number of carbonyl (C=O) groups is 1. The van der Waals surface area contributed by atoms with E-state index in [1.54, 1.807) is 6.07 Å². The molecule has 0 bridgehead atoms. The maximum Gasteiger partial charge on any atom is 0.229 e. The number of halogens is 1. The smallest absolute Gasteiger partial charge is 0.229 e. The number of nitrogens with one attached hydrogen (secondary N) is 1. The molecule has 2 aromatic heterocycles. The van der Waals surface area contributed by atoms with Crippen LogP contribution in [0.25, 0.3) is 21.3 Å². The largest absolute Gasteiger partial charge is 0.424 e. The van der Waals surface area contributed by atoms with Crippen molar-refractivity contribution in [2.75, 3.05) is 6.54 Å². The standard InChI is InChI=1S/C22H19FN4O2S/c23-21-15(14-4-2-1-3-5-14)8-9-16-22(21)30-20(25-16)11-19-27-26-18(29-19)10-17(28)24-12-13-6-7-13/h1-5,8-9,13H,6-7,10-12H2,(H,24,28). The van der Waals surface area contributed by atoms with Crippen molar-refractivity contribution < 1.29 is 13.6 Å². The van der Waals surface area contributed by atoms with E-state index < -0.39 is 0 Å². The van der Waals surface area contributed by atoms with Gasteiger partial charge >= 0.3 is 0 Å². The molecule has 1 saturated carbocycles. The van der Waals surface area contributed by atoms with Crippen molar-refractivity contribution in [2.24, 2.45) is 5.92 Å². The molecule has 6 nitrogen and oxygen atoms in total. The number of rotatable bonds is 7. The number of carbonyl (C=O) groups excluding carboxylic acids is 1. The molecular weight excluding hydrogens is 403 g/mol. The summed E-state index contributed by atoms with van der Waals surface area (Å²) in [5.41, 5.74) is 1.98. The third-order valence-corrected chi connectivity index (χ3v) is 6.10. The summed E-state index contributed by atoms with van der Waals surface area (Å²) in [6.45, 7) is 0.710. The highest BCUT2D eigenvalue weighted by atomic mass is 32.1. The normalized spacial score (nSPS) is 13.6. The lowest BCUT2D eigenvalue weighted by molar-refractivity contribution is -0.120. The topological polar surface area (TPSA) is 80.9 Å². The van der Waals surface area contributed by atoms with Gasteiger partial charge < -0.3 is 9.73 Å². The highest BCUT2D eigenvalue weighted by Gasteiger charge is 2.22. The van der Waals surface area contributed by atoms with Gasteiger partial charge in [0, 0.05) is 12.1 Å². The van der Waals surface area contributed by atoms with Crippen molar-refractivity contribution in [1.82, 2.24) is 20.5 Å². The molecule has 2 heterocycles. The van der Waals surface area contributed by atoms with Crippen LogP contribution in [-0.2, 0) is 17.6 Å². The van der Waals surface area contributed by atoms with Crippen molar-refractivity contribution in [3.05, 3.63) is 65.1 Å². The van der Waals surface area contributed by atoms with Crippen molar-refractivity contribution >= 4 is 27.5 Å². The van der Waals surface area contributed by atoms with Crippen LogP contribution < -0.4 is 5.32 Å². The minimum absolute atomic E-state index is 0.0641. The van der Waals surface area contributed by atoms with Gasteiger partial charge in [0.25, 0.3) is 0 Å². The lowest BCUT2D eigenvalue weighted by Gasteiger charge is -2.03. The lowest BCUT2D eigenvalue weighted by atomic mass is 10.1. The van der Waals surface area contributed by atoms with Gasteiger partial charge in [-0.2, -0.15) is 0 Å².